The summed E-state index contributed by atoms with van der Waals surface area (Å²) in [6.45, 7) is 5.31. The van der Waals surface area contributed by atoms with Gasteiger partial charge in [0.2, 0.25) is 0 Å². The van der Waals surface area contributed by atoms with Crippen LogP contribution in [0.2, 0.25) is 5.22 Å². The van der Waals surface area contributed by atoms with Crippen molar-refractivity contribution in [1.82, 2.24) is 5.32 Å². The van der Waals surface area contributed by atoms with Gasteiger partial charge >= 0.3 is 0 Å². The van der Waals surface area contributed by atoms with Crippen LogP contribution in [0.15, 0.2) is 41.0 Å². The van der Waals surface area contributed by atoms with Crippen LogP contribution in [0.25, 0.3) is 0 Å². The normalized spacial score (nSPS) is 12.6. The lowest BCUT2D eigenvalue weighted by Gasteiger charge is -2.19. The number of aryl methyl sites for hydroxylation is 1. The Kier molecular flexibility index (Phi) is 5.69. The van der Waals surface area contributed by atoms with Crippen molar-refractivity contribution in [1.29, 1.82) is 0 Å². The standard InChI is InChI=1S/C17H22ClNO/c1-3-6-13-7-5-8-14(12-13)16(19-10-4-2)15-9-11-20-17(15)18/h5,7-9,11-12,16,19H,3-4,6,10H2,1-2H3. The lowest BCUT2D eigenvalue weighted by molar-refractivity contribution is 0.550. The van der Waals surface area contributed by atoms with Crippen molar-refractivity contribution in [3.05, 3.63) is 58.5 Å². The lowest BCUT2D eigenvalue weighted by Crippen LogP contribution is -2.23. The molecule has 1 aromatic carbocycles. The molecule has 0 amide bonds. The maximum absolute atomic E-state index is 6.16. The fourth-order valence-electron chi connectivity index (χ4n) is 2.42. The summed E-state index contributed by atoms with van der Waals surface area (Å²) in [5.74, 6) is 0. The molecular weight excluding hydrogens is 270 g/mol. The Morgan fingerprint density at radius 3 is 2.70 bits per heavy atom. The highest BCUT2D eigenvalue weighted by Crippen LogP contribution is 2.29. The summed E-state index contributed by atoms with van der Waals surface area (Å²) in [7, 11) is 0. The lowest BCUT2D eigenvalue weighted by atomic mass is 9.97. The van der Waals surface area contributed by atoms with Gasteiger partial charge in [-0.1, -0.05) is 44.5 Å². The molecule has 0 saturated carbocycles. The molecule has 20 heavy (non-hydrogen) atoms. The van der Waals surface area contributed by atoms with E-state index >= 15 is 0 Å². The van der Waals surface area contributed by atoms with E-state index in [4.69, 9.17) is 16.0 Å². The summed E-state index contributed by atoms with van der Waals surface area (Å²) in [6.07, 6.45) is 4.99. The fourth-order valence-corrected chi connectivity index (χ4v) is 2.65. The summed E-state index contributed by atoms with van der Waals surface area (Å²) in [6, 6.07) is 10.8. The van der Waals surface area contributed by atoms with Gasteiger partial charge in [-0.05, 0) is 48.2 Å². The van der Waals surface area contributed by atoms with E-state index in [1.807, 2.05) is 6.07 Å². The number of nitrogens with one attached hydrogen (secondary N) is 1. The molecule has 0 spiro atoms. The molecule has 2 rings (SSSR count). The SMILES string of the molecule is CCCNC(c1cccc(CCC)c1)c1ccoc1Cl. The Balaban J connectivity index is 2.31. The number of halogens is 1. The van der Waals surface area contributed by atoms with Crippen molar-refractivity contribution < 1.29 is 4.42 Å². The van der Waals surface area contributed by atoms with E-state index in [0.717, 1.165) is 31.4 Å². The number of hydrogen-bond acceptors (Lipinski definition) is 2. The van der Waals surface area contributed by atoms with Crippen LogP contribution >= 0.6 is 11.6 Å². The first-order valence-corrected chi connectivity index (χ1v) is 7.69. The first-order chi connectivity index (χ1) is 9.76. The second kappa shape index (κ2) is 7.51. The smallest absolute Gasteiger partial charge is 0.198 e. The molecule has 0 aliphatic rings. The third kappa shape index (κ3) is 3.65. The monoisotopic (exact) mass is 291 g/mol. The molecule has 2 aromatic rings. The van der Waals surface area contributed by atoms with Crippen molar-refractivity contribution in [2.24, 2.45) is 0 Å². The molecule has 3 heteroatoms. The van der Waals surface area contributed by atoms with Crippen molar-refractivity contribution in [3.8, 4) is 0 Å². The van der Waals surface area contributed by atoms with E-state index in [2.05, 4.69) is 43.4 Å². The molecule has 0 aliphatic carbocycles. The highest BCUT2D eigenvalue weighted by molar-refractivity contribution is 6.29. The topological polar surface area (TPSA) is 25.2 Å². The molecule has 1 atom stereocenters. The minimum atomic E-state index is 0.0954. The van der Waals surface area contributed by atoms with Gasteiger partial charge in [-0.15, -0.1) is 0 Å². The first kappa shape index (κ1) is 15.1. The highest BCUT2D eigenvalue weighted by Gasteiger charge is 2.18. The maximum atomic E-state index is 6.16. The molecule has 1 N–H and O–H groups in total. The van der Waals surface area contributed by atoms with Crippen LogP contribution in [0.5, 0.6) is 0 Å². The summed E-state index contributed by atoms with van der Waals surface area (Å²) < 4.78 is 5.25. The molecule has 0 radical (unpaired) electrons. The van der Waals surface area contributed by atoms with Crippen LogP contribution in [0.1, 0.15) is 49.4 Å². The van der Waals surface area contributed by atoms with Gasteiger partial charge in [-0.25, -0.2) is 0 Å². The van der Waals surface area contributed by atoms with E-state index in [1.165, 1.54) is 11.1 Å². The fraction of sp³-hybridized carbons (Fsp3) is 0.412. The first-order valence-electron chi connectivity index (χ1n) is 7.31. The largest absolute Gasteiger partial charge is 0.453 e. The van der Waals surface area contributed by atoms with E-state index < -0.39 is 0 Å². The van der Waals surface area contributed by atoms with Gasteiger partial charge < -0.3 is 9.73 Å². The zero-order valence-electron chi connectivity index (χ0n) is 12.2. The zero-order valence-corrected chi connectivity index (χ0v) is 12.9. The van der Waals surface area contributed by atoms with Crippen molar-refractivity contribution >= 4 is 11.6 Å². The summed E-state index contributed by atoms with van der Waals surface area (Å²) in [5, 5.41) is 4.03. The number of hydrogen-bond donors (Lipinski definition) is 1. The highest BCUT2D eigenvalue weighted by atomic mass is 35.5. The van der Waals surface area contributed by atoms with Crippen LogP contribution in [-0.2, 0) is 6.42 Å². The van der Waals surface area contributed by atoms with Gasteiger partial charge in [-0.2, -0.15) is 0 Å². The second-order valence-electron chi connectivity index (χ2n) is 5.03. The van der Waals surface area contributed by atoms with Crippen LogP contribution in [-0.4, -0.2) is 6.54 Å². The van der Waals surface area contributed by atoms with Gasteiger partial charge in [0.15, 0.2) is 5.22 Å². The van der Waals surface area contributed by atoms with Crippen molar-refractivity contribution in [2.75, 3.05) is 6.54 Å². The van der Waals surface area contributed by atoms with E-state index in [-0.39, 0.29) is 6.04 Å². The molecule has 0 aliphatic heterocycles. The minimum absolute atomic E-state index is 0.0954. The molecule has 1 unspecified atom stereocenters. The Hall–Kier alpha value is -1.25. The summed E-state index contributed by atoms with van der Waals surface area (Å²) >= 11 is 6.16. The molecule has 1 heterocycles. The Labute approximate surface area is 126 Å². The minimum Gasteiger partial charge on any atom is -0.453 e. The third-order valence-electron chi connectivity index (χ3n) is 3.38. The van der Waals surface area contributed by atoms with E-state index in [1.54, 1.807) is 6.26 Å². The average molecular weight is 292 g/mol. The molecule has 0 fully saturated rings. The predicted molar refractivity (Wildman–Crippen MR) is 84.3 cm³/mol. The Bertz CT molecular complexity index is 535. The summed E-state index contributed by atoms with van der Waals surface area (Å²) in [5.41, 5.74) is 3.62. The molecule has 1 aromatic heterocycles. The van der Waals surface area contributed by atoms with Crippen LogP contribution in [0, 0.1) is 0 Å². The molecule has 0 saturated heterocycles. The van der Waals surface area contributed by atoms with Crippen LogP contribution < -0.4 is 5.32 Å². The van der Waals surface area contributed by atoms with E-state index in [9.17, 15) is 0 Å². The molecule has 108 valence electrons. The third-order valence-corrected chi connectivity index (χ3v) is 3.69. The predicted octanol–water partition coefficient (Wildman–Crippen LogP) is 4.97. The number of rotatable bonds is 7. The maximum Gasteiger partial charge on any atom is 0.198 e. The quantitative estimate of drug-likeness (QED) is 0.779. The Morgan fingerprint density at radius 1 is 1.20 bits per heavy atom. The van der Waals surface area contributed by atoms with Gasteiger partial charge in [0.1, 0.15) is 0 Å². The van der Waals surface area contributed by atoms with Crippen LogP contribution in [0.3, 0.4) is 0 Å². The number of benzene rings is 1. The van der Waals surface area contributed by atoms with Gasteiger partial charge in [0.05, 0.1) is 12.3 Å². The zero-order chi connectivity index (χ0) is 14.4. The van der Waals surface area contributed by atoms with E-state index in [0.29, 0.717) is 5.22 Å². The molecule has 2 nitrogen and oxygen atoms in total. The number of furan rings is 1. The second-order valence-corrected chi connectivity index (χ2v) is 5.38. The van der Waals surface area contributed by atoms with Crippen molar-refractivity contribution in [3.63, 3.8) is 0 Å². The summed E-state index contributed by atoms with van der Waals surface area (Å²) in [4.78, 5) is 0. The Morgan fingerprint density at radius 2 is 2.05 bits per heavy atom. The molecular formula is C17H22ClNO. The average Bonchev–Trinajstić information content (AvgIpc) is 2.87. The van der Waals surface area contributed by atoms with Gasteiger partial charge in [-0.3, -0.25) is 0 Å². The van der Waals surface area contributed by atoms with Gasteiger partial charge in [0, 0.05) is 5.56 Å². The van der Waals surface area contributed by atoms with Crippen LogP contribution in [0.4, 0.5) is 0 Å². The van der Waals surface area contributed by atoms with Gasteiger partial charge in [0.25, 0.3) is 0 Å². The molecule has 0 bridgehead atoms. The van der Waals surface area contributed by atoms with Crippen molar-refractivity contribution in [2.45, 2.75) is 39.2 Å².